The van der Waals surface area contributed by atoms with Crippen molar-refractivity contribution < 1.29 is 23.9 Å². The van der Waals surface area contributed by atoms with E-state index in [0.29, 0.717) is 29.2 Å². The van der Waals surface area contributed by atoms with Gasteiger partial charge in [0.1, 0.15) is 5.75 Å². The molecular formula is C29H40BrN3O5Si. The average molecular weight is 619 g/mol. The highest BCUT2D eigenvalue weighted by atomic mass is 79.9. The van der Waals surface area contributed by atoms with Gasteiger partial charge in [-0.15, -0.1) is 0 Å². The summed E-state index contributed by atoms with van der Waals surface area (Å²) in [5, 5.41) is 13.9. The van der Waals surface area contributed by atoms with Gasteiger partial charge in [-0.05, 0) is 60.4 Å². The second kappa shape index (κ2) is 10.6. The van der Waals surface area contributed by atoms with Gasteiger partial charge in [-0.1, -0.05) is 42.8 Å². The number of anilines is 1. The molecule has 2 aromatic rings. The quantitative estimate of drug-likeness (QED) is 0.438. The van der Waals surface area contributed by atoms with Crippen LogP contribution in [0.15, 0.2) is 40.9 Å². The third-order valence-electron chi connectivity index (χ3n) is 8.44. The standard InChI is InChI=1S/C29H40BrN3O5Si/c1-28(2,3)39(7,8)38-17-18-9-12-25(37-6)22(13-18)29(21-14-19(30)10-11-23(21)31-27(29)36)33-16-20(34)15-24(33)26(35)32(4)5/h9-14,20,24,34H,15-17H2,1-8H3,(H,31,36)/t20-,24+,29?/m1/s1. The van der Waals surface area contributed by atoms with E-state index in [9.17, 15) is 14.7 Å². The topological polar surface area (TPSA) is 91.3 Å². The van der Waals surface area contributed by atoms with Gasteiger partial charge >= 0.3 is 0 Å². The number of fused-ring (bicyclic) bond motifs is 1. The molecule has 2 heterocycles. The van der Waals surface area contributed by atoms with Crippen molar-refractivity contribution in [1.82, 2.24) is 9.80 Å². The van der Waals surface area contributed by atoms with Crippen molar-refractivity contribution in [2.45, 2.75) is 69.6 Å². The number of likely N-dealkylation sites (N-methyl/N-ethyl adjacent to an activating group) is 1. The van der Waals surface area contributed by atoms with E-state index in [0.717, 1.165) is 10.0 Å². The Morgan fingerprint density at radius 1 is 1.21 bits per heavy atom. The van der Waals surface area contributed by atoms with Crippen LogP contribution in [0.4, 0.5) is 5.69 Å². The third-order valence-corrected chi connectivity index (χ3v) is 13.4. The molecule has 1 fully saturated rings. The zero-order valence-electron chi connectivity index (χ0n) is 24.1. The largest absolute Gasteiger partial charge is 0.496 e. The molecule has 4 rings (SSSR count). The minimum absolute atomic E-state index is 0.0472. The zero-order chi connectivity index (χ0) is 28.9. The molecule has 2 aromatic carbocycles. The summed E-state index contributed by atoms with van der Waals surface area (Å²) in [6.45, 7) is 11.6. The number of likely N-dealkylation sites (tertiary alicyclic amines) is 1. The first-order valence-corrected chi connectivity index (χ1v) is 16.9. The molecule has 0 bridgehead atoms. The van der Waals surface area contributed by atoms with Crippen LogP contribution in [0.5, 0.6) is 5.75 Å². The van der Waals surface area contributed by atoms with E-state index in [4.69, 9.17) is 9.16 Å². The molecule has 0 saturated carbocycles. The highest BCUT2D eigenvalue weighted by Crippen LogP contribution is 2.52. The Morgan fingerprint density at radius 3 is 2.51 bits per heavy atom. The van der Waals surface area contributed by atoms with E-state index >= 15 is 0 Å². The monoisotopic (exact) mass is 617 g/mol. The maximum atomic E-state index is 14.3. The Kier molecular flexibility index (Phi) is 8.10. The summed E-state index contributed by atoms with van der Waals surface area (Å²) in [5.41, 5.74) is 1.47. The van der Waals surface area contributed by atoms with Crippen molar-refractivity contribution in [2.24, 2.45) is 0 Å². The first kappa shape index (κ1) is 29.7. The molecule has 212 valence electrons. The smallest absolute Gasteiger partial charge is 0.254 e. The van der Waals surface area contributed by atoms with Crippen LogP contribution in [0.25, 0.3) is 0 Å². The van der Waals surface area contributed by atoms with Crippen molar-refractivity contribution >= 4 is 41.7 Å². The molecule has 39 heavy (non-hydrogen) atoms. The van der Waals surface area contributed by atoms with Crippen LogP contribution in [-0.2, 0) is 26.2 Å². The van der Waals surface area contributed by atoms with Crippen molar-refractivity contribution in [1.29, 1.82) is 0 Å². The fourth-order valence-corrected chi connectivity index (χ4v) is 6.61. The van der Waals surface area contributed by atoms with E-state index < -0.39 is 26.0 Å². The molecule has 0 spiro atoms. The Labute approximate surface area is 240 Å². The molecule has 1 saturated heterocycles. The van der Waals surface area contributed by atoms with Crippen LogP contribution in [-0.4, -0.2) is 74.9 Å². The average Bonchev–Trinajstić information content (AvgIpc) is 3.38. The Hall–Kier alpha value is -2.24. The fraction of sp³-hybridized carbons (Fsp3) is 0.517. The molecule has 1 unspecified atom stereocenters. The second-order valence-corrected chi connectivity index (χ2v) is 18.0. The number of benzene rings is 2. The van der Waals surface area contributed by atoms with E-state index in [1.165, 1.54) is 4.90 Å². The van der Waals surface area contributed by atoms with Gasteiger partial charge in [-0.3, -0.25) is 14.5 Å². The van der Waals surface area contributed by atoms with Gasteiger partial charge in [0.05, 0.1) is 25.9 Å². The fourth-order valence-electron chi connectivity index (χ4n) is 5.29. The SMILES string of the molecule is COc1ccc(CO[Si](C)(C)C(C)(C)C)cc1C1(N2C[C@H](O)C[C@H]2C(=O)N(C)C)C(=O)Nc2ccc(Br)cc21. The molecule has 8 nitrogen and oxygen atoms in total. The summed E-state index contributed by atoms with van der Waals surface area (Å²) in [5.74, 6) is 0.0621. The summed E-state index contributed by atoms with van der Waals surface area (Å²) in [4.78, 5) is 31.1. The minimum Gasteiger partial charge on any atom is -0.496 e. The van der Waals surface area contributed by atoms with Gasteiger partial charge in [0.25, 0.3) is 5.91 Å². The highest BCUT2D eigenvalue weighted by Gasteiger charge is 2.59. The number of aliphatic hydroxyl groups is 1. The van der Waals surface area contributed by atoms with Gasteiger partial charge in [0.15, 0.2) is 13.9 Å². The number of hydrogen-bond acceptors (Lipinski definition) is 6. The number of nitrogens with zero attached hydrogens (tertiary/aromatic N) is 2. The van der Waals surface area contributed by atoms with Gasteiger partial charge in [0.2, 0.25) is 5.91 Å². The third kappa shape index (κ3) is 5.17. The number of carbonyl (C=O) groups excluding carboxylic acids is 2. The van der Waals surface area contributed by atoms with Gasteiger partial charge < -0.3 is 24.5 Å². The van der Waals surface area contributed by atoms with Crippen molar-refractivity contribution in [2.75, 3.05) is 33.1 Å². The highest BCUT2D eigenvalue weighted by molar-refractivity contribution is 9.10. The number of carbonyl (C=O) groups is 2. The first-order valence-electron chi connectivity index (χ1n) is 13.2. The van der Waals surface area contributed by atoms with Crippen molar-refractivity contribution in [3.63, 3.8) is 0 Å². The van der Waals surface area contributed by atoms with Gasteiger partial charge in [0, 0.05) is 41.9 Å². The number of rotatable bonds is 7. The summed E-state index contributed by atoms with van der Waals surface area (Å²) < 4.78 is 13.2. The Bertz CT molecular complexity index is 1280. The summed E-state index contributed by atoms with van der Waals surface area (Å²) in [6.07, 6.45) is -0.540. The summed E-state index contributed by atoms with van der Waals surface area (Å²) in [7, 11) is 2.92. The summed E-state index contributed by atoms with van der Waals surface area (Å²) >= 11 is 3.58. The Balaban J connectivity index is 1.94. The number of halogens is 1. The number of methoxy groups -OCH3 is 1. The molecule has 2 aliphatic rings. The lowest BCUT2D eigenvalue weighted by molar-refractivity contribution is -0.138. The predicted molar refractivity (Wildman–Crippen MR) is 158 cm³/mol. The molecule has 10 heteroatoms. The molecule has 3 atom stereocenters. The lowest BCUT2D eigenvalue weighted by Crippen LogP contribution is -2.57. The number of nitrogens with one attached hydrogen (secondary N) is 1. The molecule has 2 aliphatic heterocycles. The number of aliphatic hydroxyl groups excluding tert-OH is 1. The maximum Gasteiger partial charge on any atom is 0.254 e. The van der Waals surface area contributed by atoms with E-state index in [2.05, 4.69) is 55.1 Å². The van der Waals surface area contributed by atoms with Crippen LogP contribution in [0.2, 0.25) is 18.1 Å². The minimum atomic E-state index is -2.04. The molecule has 0 radical (unpaired) electrons. The number of ether oxygens (including phenoxy) is 1. The number of hydrogen-bond donors (Lipinski definition) is 2. The molecule has 0 aliphatic carbocycles. The summed E-state index contributed by atoms with van der Waals surface area (Å²) in [6, 6.07) is 10.7. The Morgan fingerprint density at radius 2 is 1.90 bits per heavy atom. The van der Waals surface area contributed by atoms with Crippen LogP contribution in [0, 0.1) is 0 Å². The first-order chi connectivity index (χ1) is 18.1. The number of amides is 2. The normalized spacial score (nSPS) is 23.5. The van der Waals surface area contributed by atoms with Crippen molar-refractivity contribution in [3.8, 4) is 5.75 Å². The van der Waals surface area contributed by atoms with Crippen LogP contribution in [0.1, 0.15) is 43.9 Å². The van der Waals surface area contributed by atoms with E-state index in [-0.39, 0.29) is 29.8 Å². The zero-order valence-corrected chi connectivity index (χ0v) is 26.7. The van der Waals surface area contributed by atoms with E-state index in [1.807, 2.05) is 41.3 Å². The lowest BCUT2D eigenvalue weighted by Gasteiger charge is -2.42. The van der Waals surface area contributed by atoms with Crippen LogP contribution >= 0.6 is 15.9 Å². The molecule has 2 amide bonds. The van der Waals surface area contributed by atoms with Crippen LogP contribution < -0.4 is 10.1 Å². The van der Waals surface area contributed by atoms with Gasteiger partial charge in [-0.2, -0.15) is 0 Å². The molecular weight excluding hydrogens is 578 g/mol. The van der Waals surface area contributed by atoms with Gasteiger partial charge in [-0.25, -0.2) is 0 Å². The van der Waals surface area contributed by atoms with Crippen LogP contribution in [0.3, 0.4) is 0 Å². The maximum absolute atomic E-state index is 14.3. The van der Waals surface area contributed by atoms with E-state index in [1.54, 1.807) is 21.2 Å². The molecule has 0 aromatic heterocycles. The number of β-amino-alcohol motifs (C(OH)–C–C–N with tert-alkyl or cyclic N) is 1. The van der Waals surface area contributed by atoms with Crippen molar-refractivity contribution in [3.05, 3.63) is 57.6 Å². The lowest BCUT2D eigenvalue weighted by atomic mass is 9.80. The predicted octanol–water partition coefficient (Wildman–Crippen LogP) is 4.70. The second-order valence-electron chi connectivity index (χ2n) is 12.2. The molecule has 2 N–H and O–H groups in total.